The van der Waals surface area contributed by atoms with Gasteiger partial charge in [0.1, 0.15) is 0 Å². The van der Waals surface area contributed by atoms with E-state index in [1.807, 2.05) is 13.8 Å². The van der Waals surface area contributed by atoms with Gasteiger partial charge in [0, 0.05) is 5.92 Å². The van der Waals surface area contributed by atoms with Crippen molar-refractivity contribution in [2.24, 2.45) is 0 Å². The third-order valence-electron chi connectivity index (χ3n) is 1.56. The lowest BCUT2D eigenvalue weighted by atomic mass is 10.1. The lowest BCUT2D eigenvalue weighted by molar-refractivity contribution is -0.386. The zero-order valence-electron chi connectivity index (χ0n) is 7.20. The molecule has 0 N–H and O–H groups in total. The van der Waals surface area contributed by atoms with Gasteiger partial charge in [0.25, 0.3) is 0 Å². The Balaban J connectivity index is 3.21. The van der Waals surface area contributed by atoms with Crippen LogP contribution < -0.4 is 0 Å². The van der Waals surface area contributed by atoms with E-state index in [-0.39, 0.29) is 11.6 Å². The zero-order valence-corrected chi connectivity index (χ0v) is 7.20. The second-order valence-electron chi connectivity index (χ2n) is 2.89. The van der Waals surface area contributed by atoms with E-state index in [2.05, 4.69) is 5.16 Å². The van der Waals surface area contributed by atoms with Gasteiger partial charge in [-0.05, 0) is 6.92 Å². The van der Waals surface area contributed by atoms with E-state index in [0.29, 0.717) is 11.5 Å². The number of hydrogen-bond acceptors (Lipinski definition) is 4. The number of aromatic nitrogens is 1. The highest BCUT2D eigenvalue weighted by molar-refractivity contribution is 5.38. The molecule has 0 saturated carbocycles. The molecule has 5 nitrogen and oxygen atoms in total. The summed E-state index contributed by atoms with van der Waals surface area (Å²) in [5, 5.41) is 14.1. The van der Waals surface area contributed by atoms with Crippen LogP contribution in [0.3, 0.4) is 0 Å². The molecule has 0 aromatic carbocycles. The SMILES string of the molecule is Cc1noc(C(C)C)c1[N+](=O)[O-]. The number of rotatable bonds is 2. The third-order valence-corrected chi connectivity index (χ3v) is 1.56. The van der Waals surface area contributed by atoms with Crippen molar-refractivity contribution in [3.05, 3.63) is 21.6 Å². The molecule has 12 heavy (non-hydrogen) atoms. The zero-order chi connectivity index (χ0) is 9.30. The van der Waals surface area contributed by atoms with E-state index in [1.54, 1.807) is 6.92 Å². The summed E-state index contributed by atoms with van der Waals surface area (Å²) in [7, 11) is 0. The summed E-state index contributed by atoms with van der Waals surface area (Å²) in [6.45, 7) is 5.22. The van der Waals surface area contributed by atoms with Gasteiger partial charge in [0.2, 0.25) is 5.76 Å². The summed E-state index contributed by atoms with van der Waals surface area (Å²) in [5.41, 5.74) is 0.341. The van der Waals surface area contributed by atoms with Gasteiger partial charge >= 0.3 is 5.69 Å². The molecule has 1 aromatic rings. The van der Waals surface area contributed by atoms with Crippen LogP contribution in [0, 0.1) is 17.0 Å². The lowest BCUT2D eigenvalue weighted by Crippen LogP contribution is -1.94. The first-order valence-corrected chi connectivity index (χ1v) is 3.64. The van der Waals surface area contributed by atoms with Crippen molar-refractivity contribution in [3.63, 3.8) is 0 Å². The maximum Gasteiger partial charge on any atom is 0.334 e. The first-order valence-electron chi connectivity index (χ1n) is 3.64. The minimum atomic E-state index is -0.457. The highest BCUT2D eigenvalue weighted by Crippen LogP contribution is 2.28. The van der Waals surface area contributed by atoms with Crippen molar-refractivity contribution < 1.29 is 9.45 Å². The van der Waals surface area contributed by atoms with E-state index in [4.69, 9.17) is 4.52 Å². The molecule has 0 spiro atoms. The molecule has 1 rings (SSSR count). The number of nitro groups is 1. The molecule has 1 heterocycles. The van der Waals surface area contributed by atoms with Crippen LogP contribution in [0.5, 0.6) is 0 Å². The van der Waals surface area contributed by atoms with Gasteiger partial charge in [-0.25, -0.2) is 0 Å². The summed E-state index contributed by atoms with van der Waals surface area (Å²) in [4.78, 5) is 10.1. The topological polar surface area (TPSA) is 69.2 Å². The maximum atomic E-state index is 10.5. The molecule has 0 saturated heterocycles. The Morgan fingerprint density at radius 2 is 2.17 bits per heavy atom. The van der Waals surface area contributed by atoms with Crippen LogP contribution in [0.1, 0.15) is 31.2 Å². The Bertz CT molecular complexity index is 304. The summed E-state index contributed by atoms with van der Waals surface area (Å²) < 4.78 is 4.83. The highest BCUT2D eigenvalue weighted by Gasteiger charge is 2.25. The fourth-order valence-corrected chi connectivity index (χ4v) is 0.983. The predicted octanol–water partition coefficient (Wildman–Crippen LogP) is 2.01. The Morgan fingerprint density at radius 1 is 1.58 bits per heavy atom. The largest absolute Gasteiger partial charge is 0.353 e. The molecule has 0 fully saturated rings. The Labute approximate surface area is 69.5 Å². The normalized spacial score (nSPS) is 10.7. The van der Waals surface area contributed by atoms with Crippen molar-refractivity contribution in [2.45, 2.75) is 26.7 Å². The van der Waals surface area contributed by atoms with E-state index in [1.165, 1.54) is 0 Å². The number of aryl methyl sites for hydroxylation is 1. The molecular formula is C7H10N2O3. The van der Waals surface area contributed by atoms with Crippen LogP contribution in [0.15, 0.2) is 4.52 Å². The standard InChI is InChI=1S/C7H10N2O3/c1-4(2)7-6(9(10)11)5(3)8-12-7/h4H,1-3H3. The number of nitrogens with zero attached hydrogens (tertiary/aromatic N) is 2. The number of hydrogen-bond donors (Lipinski definition) is 0. The van der Waals surface area contributed by atoms with Gasteiger partial charge in [0.15, 0.2) is 5.69 Å². The molecule has 0 aliphatic carbocycles. The molecule has 0 amide bonds. The van der Waals surface area contributed by atoms with Crippen molar-refractivity contribution >= 4 is 5.69 Å². The lowest BCUT2D eigenvalue weighted by Gasteiger charge is -1.95. The minimum Gasteiger partial charge on any atom is -0.353 e. The fourth-order valence-electron chi connectivity index (χ4n) is 0.983. The summed E-state index contributed by atoms with van der Waals surface area (Å²) in [5.74, 6) is 0.337. The predicted molar refractivity (Wildman–Crippen MR) is 42.0 cm³/mol. The Morgan fingerprint density at radius 3 is 2.50 bits per heavy atom. The van der Waals surface area contributed by atoms with Crippen LogP contribution in [0.4, 0.5) is 5.69 Å². The van der Waals surface area contributed by atoms with Crippen molar-refractivity contribution in [1.82, 2.24) is 5.16 Å². The van der Waals surface area contributed by atoms with Gasteiger partial charge in [-0.15, -0.1) is 0 Å². The highest BCUT2D eigenvalue weighted by atomic mass is 16.6. The summed E-state index contributed by atoms with van der Waals surface area (Å²) >= 11 is 0. The van der Waals surface area contributed by atoms with Gasteiger partial charge in [0.05, 0.1) is 4.92 Å². The molecule has 66 valence electrons. The van der Waals surface area contributed by atoms with E-state index >= 15 is 0 Å². The average molecular weight is 170 g/mol. The maximum absolute atomic E-state index is 10.5. The van der Waals surface area contributed by atoms with Gasteiger partial charge in [-0.3, -0.25) is 10.1 Å². The first-order chi connectivity index (χ1) is 5.54. The van der Waals surface area contributed by atoms with Crippen molar-refractivity contribution in [3.8, 4) is 0 Å². The quantitative estimate of drug-likeness (QED) is 0.502. The van der Waals surface area contributed by atoms with Gasteiger partial charge < -0.3 is 4.52 Å². The van der Waals surface area contributed by atoms with E-state index in [0.717, 1.165) is 0 Å². The molecule has 1 aromatic heterocycles. The molecule has 0 aliphatic heterocycles. The Hall–Kier alpha value is -1.39. The van der Waals surface area contributed by atoms with Crippen molar-refractivity contribution in [2.75, 3.05) is 0 Å². The van der Waals surface area contributed by atoms with Gasteiger partial charge in [-0.1, -0.05) is 19.0 Å². The van der Waals surface area contributed by atoms with Crippen LogP contribution in [-0.2, 0) is 0 Å². The molecule has 0 unspecified atom stereocenters. The molecule has 0 atom stereocenters. The summed E-state index contributed by atoms with van der Waals surface area (Å²) in [6, 6.07) is 0. The fraction of sp³-hybridized carbons (Fsp3) is 0.571. The van der Waals surface area contributed by atoms with Gasteiger partial charge in [-0.2, -0.15) is 0 Å². The van der Waals surface area contributed by atoms with Crippen LogP contribution in [-0.4, -0.2) is 10.1 Å². The van der Waals surface area contributed by atoms with Crippen LogP contribution in [0.25, 0.3) is 0 Å². The smallest absolute Gasteiger partial charge is 0.334 e. The second kappa shape index (κ2) is 2.92. The van der Waals surface area contributed by atoms with E-state index in [9.17, 15) is 10.1 Å². The monoisotopic (exact) mass is 170 g/mol. The molecule has 0 aliphatic rings. The second-order valence-corrected chi connectivity index (χ2v) is 2.89. The van der Waals surface area contributed by atoms with Crippen LogP contribution >= 0.6 is 0 Å². The Kier molecular flexibility index (Phi) is 2.12. The molecular weight excluding hydrogens is 160 g/mol. The van der Waals surface area contributed by atoms with Crippen LogP contribution in [0.2, 0.25) is 0 Å². The summed E-state index contributed by atoms with van der Waals surface area (Å²) in [6.07, 6.45) is 0. The molecule has 5 heteroatoms. The molecule has 0 bridgehead atoms. The first kappa shape index (κ1) is 8.70. The van der Waals surface area contributed by atoms with Crippen molar-refractivity contribution in [1.29, 1.82) is 0 Å². The third kappa shape index (κ3) is 1.30. The molecule has 0 radical (unpaired) electrons. The minimum absolute atomic E-state index is 0.00463. The van der Waals surface area contributed by atoms with E-state index < -0.39 is 4.92 Å². The average Bonchev–Trinajstić information content (AvgIpc) is 2.30.